The van der Waals surface area contributed by atoms with Crippen molar-refractivity contribution in [1.29, 1.82) is 0 Å². The Labute approximate surface area is 244 Å². The maximum Gasteiger partial charge on any atom is 0.123 e. The summed E-state index contributed by atoms with van der Waals surface area (Å²) in [4.78, 5) is 1.23. The Kier molecular flexibility index (Phi) is 4.62. The van der Waals surface area contributed by atoms with Gasteiger partial charge in [0, 0.05) is 20.3 Å². The number of benzene rings is 5. The fourth-order valence-corrected chi connectivity index (χ4v) is 8.89. The minimum atomic E-state index is -0.688. The Morgan fingerprint density at radius 2 is 1.20 bits per heavy atom. The number of phenolic OH excluding ortho intramolecular Hbond substituents is 2. The minimum Gasteiger partial charge on any atom is -0.507 e. The third kappa shape index (κ3) is 2.96. The Hall–Kier alpha value is -4.64. The molecule has 7 aromatic rings. The first-order valence-corrected chi connectivity index (χ1v) is 15.4. The van der Waals surface area contributed by atoms with Crippen LogP contribution in [0.1, 0.15) is 32.7 Å². The number of thiophene rings is 2. The molecule has 2 nitrogen and oxygen atoms in total. The van der Waals surface area contributed by atoms with Gasteiger partial charge in [0.1, 0.15) is 11.5 Å². The van der Waals surface area contributed by atoms with E-state index in [1.165, 1.54) is 42.8 Å². The van der Waals surface area contributed by atoms with Crippen LogP contribution in [0.15, 0.2) is 113 Å². The van der Waals surface area contributed by atoms with Crippen LogP contribution < -0.4 is 0 Å². The first kappa shape index (κ1) is 23.1. The van der Waals surface area contributed by atoms with Crippen LogP contribution in [0.5, 0.6) is 11.5 Å². The summed E-state index contributed by atoms with van der Waals surface area (Å²) in [5.74, 6) is 0.548. The molecule has 0 radical (unpaired) electrons. The lowest BCUT2D eigenvalue weighted by Crippen LogP contribution is -2.34. The summed E-state index contributed by atoms with van der Waals surface area (Å²) in [5, 5.41) is 31.2. The van der Waals surface area contributed by atoms with Crippen molar-refractivity contribution in [3.05, 3.63) is 146 Å². The van der Waals surface area contributed by atoms with Crippen LogP contribution in [0.2, 0.25) is 0 Å². The standard InChI is InChI=1S/C37H22O2S2/c38-33-11-9-29(23-5-1-3-7-25(23)33)37(30-10-12-34(39)26-8-4-2-6-24(26)30)31-14-16-41-36(31)20-28-27-17-21-13-15-40-35(21)19-22(27)18-32(28)37/h1-20,38-39H. The van der Waals surface area contributed by atoms with Gasteiger partial charge in [-0.05, 0) is 114 Å². The van der Waals surface area contributed by atoms with Crippen molar-refractivity contribution in [2.75, 3.05) is 0 Å². The number of phenols is 2. The van der Waals surface area contributed by atoms with Crippen molar-refractivity contribution >= 4 is 72.0 Å². The van der Waals surface area contributed by atoms with Crippen molar-refractivity contribution in [3.8, 4) is 11.5 Å². The van der Waals surface area contributed by atoms with Crippen molar-refractivity contribution in [2.24, 2.45) is 0 Å². The maximum absolute atomic E-state index is 11.0. The Bertz CT molecular complexity index is 2210. The van der Waals surface area contributed by atoms with E-state index < -0.39 is 5.41 Å². The molecule has 9 rings (SSSR count). The Balaban J connectivity index is 1.50. The maximum atomic E-state index is 11.0. The van der Waals surface area contributed by atoms with Crippen LogP contribution >= 0.6 is 22.7 Å². The summed E-state index contributed by atoms with van der Waals surface area (Å²) in [6.07, 6.45) is 4.74. The first-order chi connectivity index (χ1) is 20.1. The van der Waals surface area contributed by atoms with E-state index in [4.69, 9.17) is 0 Å². The molecule has 2 heterocycles. The molecule has 2 aromatic heterocycles. The predicted octanol–water partition coefficient (Wildman–Crippen LogP) is 9.97. The van der Waals surface area contributed by atoms with E-state index >= 15 is 0 Å². The zero-order chi connectivity index (χ0) is 27.3. The highest BCUT2D eigenvalue weighted by Crippen LogP contribution is 2.61. The molecule has 4 heteroatoms. The van der Waals surface area contributed by atoms with Crippen LogP contribution in [-0.4, -0.2) is 10.2 Å². The van der Waals surface area contributed by atoms with E-state index in [1.54, 1.807) is 22.7 Å². The summed E-state index contributed by atoms with van der Waals surface area (Å²) in [5.41, 5.74) is 7.71. The molecule has 2 N–H and O–H groups in total. The normalized spacial score (nSPS) is 15.0. The van der Waals surface area contributed by atoms with Crippen LogP contribution in [0, 0.1) is 0 Å². The lowest BCUT2D eigenvalue weighted by atomic mass is 9.59. The second kappa shape index (κ2) is 8.20. The predicted molar refractivity (Wildman–Crippen MR) is 173 cm³/mol. The molecule has 0 bridgehead atoms. The number of rotatable bonds is 2. The highest BCUT2D eigenvalue weighted by atomic mass is 32.1. The van der Waals surface area contributed by atoms with Gasteiger partial charge in [-0.25, -0.2) is 0 Å². The molecular formula is C37H22O2S2. The van der Waals surface area contributed by atoms with Gasteiger partial charge < -0.3 is 10.2 Å². The SMILES string of the molecule is Oc1ccc(C2(c3ccc(O)c4ccccc34)C3=Cc4cc5sccc5cc4C3=Cc3sccc32)c2ccccc12. The van der Waals surface area contributed by atoms with Gasteiger partial charge in [-0.3, -0.25) is 0 Å². The zero-order valence-electron chi connectivity index (χ0n) is 21.8. The number of hydrogen-bond acceptors (Lipinski definition) is 4. The van der Waals surface area contributed by atoms with Crippen LogP contribution in [0.25, 0.3) is 49.4 Å². The molecule has 0 saturated heterocycles. The molecular weight excluding hydrogens is 541 g/mol. The molecule has 5 aromatic carbocycles. The number of fused-ring (bicyclic) bond motifs is 7. The van der Waals surface area contributed by atoms with E-state index in [2.05, 4.69) is 71.4 Å². The summed E-state index contributed by atoms with van der Waals surface area (Å²) >= 11 is 3.54. The minimum absolute atomic E-state index is 0.274. The lowest BCUT2D eigenvalue weighted by Gasteiger charge is -2.42. The molecule has 41 heavy (non-hydrogen) atoms. The van der Waals surface area contributed by atoms with Gasteiger partial charge in [0.25, 0.3) is 0 Å². The van der Waals surface area contributed by atoms with E-state index in [1.807, 2.05) is 48.5 Å². The summed E-state index contributed by atoms with van der Waals surface area (Å²) < 4.78 is 1.28. The van der Waals surface area contributed by atoms with Gasteiger partial charge in [-0.2, -0.15) is 0 Å². The zero-order valence-corrected chi connectivity index (χ0v) is 23.4. The van der Waals surface area contributed by atoms with E-state index in [-0.39, 0.29) is 11.5 Å². The van der Waals surface area contributed by atoms with E-state index in [9.17, 15) is 10.2 Å². The van der Waals surface area contributed by atoms with Crippen LogP contribution in [-0.2, 0) is 5.41 Å². The van der Waals surface area contributed by atoms with Crippen LogP contribution in [0.3, 0.4) is 0 Å². The first-order valence-electron chi connectivity index (χ1n) is 13.6. The van der Waals surface area contributed by atoms with Gasteiger partial charge in [0.05, 0.1) is 5.41 Å². The van der Waals surface area contributed by atoms with E-state index in [0.29, 0.717) is 0 Å². The van der Waals surface area contributed by atoms with Crippen LogP contribution in [0.4, 0.5) is 0 Å². The van der Waals surface area contributed by atoms with Gasteiger partial charge >= 0.3 is 0 Å². The fraction of sp³-hybridized carbons (Fsp3) is 0.0270. The monoisotopic (exact) mass is 562 g/mol. The summed E-state index contributed by atoms with van der Waals surface area (Å²) in [6.45, 7) is 0. The highest BCUT2D eigenvalue weighted by Gasteiger charge is 2.49. The number of allylic oxidation sites excluding steroid dienone is 2. The average molecular weight is 563 g/mol. The average Bonchev–Trinajstić information content (AvgIpc) is 3.75. The Morgan fingerprint density at radius 1 is 0.561 bits per heavy atom. The quantitative estimate of drug-likeness (QED) is 0.220. The molecule has 0 fully saturated rings. The van der Waals surface area contributed by atoms with Crippen molar-refractivity contribution in [3.63, 3.8) is 0 Å². The molecule has 0 aliphatic heterocycles. The van der Waals surface area contributed by atoms with Gasteiger partial charge in [-0.1, -0.05) is 60.7 Å². The summed E-state index contributed by atoms with van der Waals surface area (Å²) in [7, 11) is 0. The van der Waals surface area contributed by atoms with Crippen molar-refractivity contribution in [1.82, 2.24) is 0 Å². The smallest absolute Gasteiger partial charge is 0.123 e. The Morgan fingerprint density at radius 3 is 1.88 bits per heavy atom. The fourth-order valence-electron chi connectivity index (χ4n) is 7.19. The number of aromatic hydroxyl groups is 2. The molecule has 0 atom stereocenters. The molecule has 0 unspecified atom stereocenters. The summed E-state index contributed by atoms with van der Waals surface area (Å²) in [6, 6.07) is 33.3. The molecule has 0 amide bonds. The van der Waals surface area contributed by atoms with Gasteiger partial charge in [0.2, 0.25) is 0 Å². The molecule has 0 saturated carbocycles. The van der Waals surface area contributed by atoms with Crippen molar-refractivity contribution in [2.45, 2.75) is 5.41 Å². The van der Waals surface area contributed by atoms with Gasteiger partial charge in [0.15, 0.2) is 0 Å². The molecule has 194 valence electrons. The van der Waals surface area contributed by atoms with E-state index in [0.717, 1.165) is 32.7 Å². The largest absolute Gasteiger partial charge is 0.507 e. The second-order valence-corrected chi connectivity index (χ2v) is 12.7. The third-order valence-corrected chi connectivity index (χ3v) is 10.6. The highest BCUT2D eigenvalue weighted by molar-refractivity contribution is 7.17. The molecule has 2 aliphatic carbocycles. The lowest BCUT2D eigenvalue weighted by molar-refractivity contribution is 0.481. The second-order valence-electron chi connectivity index (χ2n) is 10.8. The molecule has 2 aliphatic rings. The molecule has 0 spiro atoms. The van der Waals surface area contributed by atoms with Gasteiger partial charge in [-0.15, -0.1) is 22.7 Å². The number of hydrogen-bond donors (Lipinski definition) is 2. The van der Waals surface area contributed by atoms with Crippen molar-refractivity contribution < 1.29 is 10.2 Å². The third-order valence-electron chi connectivity index (χ3n) is 8.89. The topological polar surface area (TPSA) is 40.5 Å².